The van der Waals surface area contributed by atoms with Gasteiger partial charge in [-0.15, -0.1) is 0 Å². The van der Waals surface area contributed by atoms with Crippen molar-refractivity contribution in [3.8, 4) is 0 Å². The van der Waals surface area contributed by atoms with Crippen LogP contribution >= 0.6 is 11.6 Å². The predicted molar refractivity (Wildman–Crippen MR) is 93.9 cm³/mol. The van der Waals surface area contributed by atoms with Gasteiger partial charge in [0.05, 0.1) is 21.2 Å². The lowest BCUT2D eigenvalue weighted by atomic mass is 10.1. The standard InChI is InChI=1S/C16H14ClF3N2O5S/c1-9-3-4-11(6-12(9)16(18,19)20)28(25,26)22(8-27-2)13-5-10(17)7-21-14(13)15(23)24/h3-7H,8H2,1-2H3,(H,23,24). The van der Waals surface area contributed by atoms with Crippen LogP contribution < -0.4 is 4.31 Å². The summed E-state index contributed by atoms with van der Waals surface area (Å²) in [7, 11) is -3.51. The Morgan fingerprint density at radius 1 is 1.32 bits per heavy atom. The van der Waals surface area contributed by atoms with Crippen molar-refractivity contribution in [2.24, 2.45) is 0 Å². The summed E-state index contributed by atoms with van der Waals surface area (Å²) in [6, 6.07) is 3.50. The van der Waals surface area contributed by atoms with Gasteiger partial charge in [-0.05, 0) is 30.7 Å². The van der Waals surface area contributed by atoms with Crippen LogP contribution in [0.1, 0.15) is 21.6 Å². The predicted octanol–water partition coefficient (Wildman–Crippen LogP) is 3.56. The van der Waals surface area contributed by atoms with Crippen molar-refractivity contribution in [1.82, 2.24) is 4.98 Å². The number of hydrogen-bond donors (Lipinski definition) is 1. The zero-order valence-corrected chi connectivity index (χ0v) is 16.1. The Morgan fingerprint density at radius 3 is 2.50 bits per heavy atom. The minimum atomic E-state index is -4.77. The summed E-state index contributed by atoms with van der Waals surface area (Å²) < 4.78 is 70.9. The van der Waals surface area contributed by atoms with Crippen LogP contribution in [0.2, 0.25) is 5.02 Å². The van der Waals surface area contributed by atoms with Crippen molar-refractivity contribution in [3.63, 3.8) is 0 Å². The smallest absolute Gasteiger partial charge is 0.416 e. The molecule has 1 N–H and O–H groups in total. The Bertz CT molecular complexity index is 1010. The Morgan fingerprint density at radius 2 is 1.96 bits per heavy atom. The maximum absolute atomic E-state index is 13.2. The van der Waals surface area contributed by atoms with Gasteiger partial charge in [-0.1, -0.05) is 17.7 Å². The summed E-state index contributed by atoms with van der Waals surface area (Å²) in [4.78, 5) is 14.3. The number of alkyl halides is 3. The molecular weight excluding hydrogens is 425 g/mol. The molecule has 2 aromatic rings. The molecule has 0 aliphatic rings. The number of halogens is 4. The van der Waals surface area contributed by atoms with E-state index in [1.807, 2.05) is 0 Å². The highest BCUT2D eigenvalue weighted by atomic mass is 35.5. The lowest BCUT2D eigenvalue weighted by molar-refractivity contribution is -0.138. The Kier molecular flexibility index (Phi) is 6.21. The van der Waals surface area contributed by atoms with Gasteiger partial charge in [-0.2, -0.15) is 13.2 Å². The minimum absolute atomic E-state index is 0.0730. The molecule has 0 spiro atoms. The van der Waals surface area contributed by atoms with Gasteiger partial charge in [0, 0.05) is 13.3 Å². The maximum Gasteiger partial charge on any atom is 0.416 e. The largest absolute Gasteiger partial charge is 0.476 e. The molecule has 0 saturated heterocycles. The first-order chi connectivity index (χ1) is 12.9. The molecule has 1 heterocycles. The van der Waals surface area contributed by atoms with E-state index in [1.54, 1.807) is 0 Å². The summed E-state index contributed by atoms with van der Waals surface area (Å²) in [6.45, 7) is 0.509. The van der Waals surface area contributed by atoms with Crippen LogP contribution in [0, 0.1) is 6.92 Å². The van der Waals surface area contributed by atoms with E-state index in [2.05, 4.69) is 4.98 Å². The van der Waals surface area contributed by atoms with Crippen molar-refractivity contribution in [1.29, 1.82) is 0 Å². The quantitative estimate of drug-likeness (QED) is 0.693. The van der Waals surface area contributed by atoms with Crippen LogP contribution in [0.3, 0.4) is 0 Å². The number of sulfonamides is 1. The second kappa shape index (κ2) is 7.94. The first-order valence-electron chi connectivity index (χ1n) is 7.48. The number of benzene rings is 1. The molecule has 0 saturated carbocycles. The van der Waals surface area contributed by atoms with E-state index in [4.69, 9.17) is 16.3 Å². The Labute approximate surface area is 163 Å². The zero-order valence-electron chi connectivity index (χ0n) is 14.5. The van der Waals surface area contributed by atoms with Gasteiger partial charge in [0.25, 0.3) is 10.0 Å². The number of methoxy groups -OCH3 is 1. The Balaban J connectivity index is 2.71. The normalized spacial score (nSPS) is 12.1. The number of carboxylic acid groups (broad SMARTS) is 1. The molecule has 0 amide bonds. The number of rotatable bonds is 6. The lowest BCUT2D eigenvalue weighted by Gasteiger charge is -2.25. The molecule has 0 radical (unpaired) electrons. The number of hydrogen-bond acceptors (Lipinski definition) is 5. The summed E-state index contributed by atoms with van der Waals surface area (Å²) in [5.74, 6) is -1.55. The van der Waals surface area contributed by atoms with Gasteiger partial charge in [0.15, 0.2) is 5.69 Å². The lowest BCUT2D eigenvalue weighted by Crippen LogP contribution is -2.34. The van der Waals surface area contributed by atoms with E-state index in [1.165, 1.54) is 6.92 Å². The third-order valence-corrected chi connectivity index (χ3v) is 5.59. The van der Waals surface area contributed by atoms with Gasteiger partial charge in [0.1, 0.15) is 6.73 Å². The topological polar surface area (TPSA) is 96.8 Å². The van der Waals surface area contributed by atoms with Gasteiger partial charge in [-0.25, -0.2) is 22.5 Å². The average molecular weight is 439 g/mol. The highest BCUT2D eigenvalue weighted by Crippen LogP contribution is 2.35. The summed E-state index contributed by atoms with van der Waals surface area (Å²) >= 11 is 5.80. The van der Waals surface area contributed by atoms with Gasteiger partial charge < -0.3 is 9.84 Å². The third kappa shape index (κ3) is 4.37. The SMILES string of the molecule is COCN(c1cc(Cl)cnc1C(=O)O)S(=O)(=O)c1ccc(C)c(C(F)(F)F)c1. The van der Waals surface area contributed by atoms with Crippen LogP contribution in [0.5, 0.6) is 0 Å². The maximum atomic E-state index is 13.2. The molecule has 0 unspecified atom stereocenters. The van der Waals surface area contributed by atoms with Crippen LogP contribution in [0.4, 0.5) is 18.9 Å². The highest BCUT2D eigenvalue weighted by Gasteiger charge is 2.36. The second-order valence-corrected chi connectivity index (χ2v) is 7.87. The van der Waals surface area contributed by atoms with Crippen LogP contribution in [-0.4, -0.2) is 38.3 Å². The van der Waals surface area contributed by atoms with Gasteiger partial charge in [-0.3, -0.25) is 0 Å². The van der Waals surface area contributed by atoms with E-state index < -0.39 is 50.7 Å². The molecule has 7 nitrogen and oxygen atoms in total. The molecule has 152 valence electrons. The third-order valence-electron chi connectivity index (χ3n) is 3.65. The molecule has 0 fully saturated rings. The first kappa shape index (κ1) is 21.9. The molecular formula is C16H14ClF3N2O5S. The van der Waals surface area contributed by atoms with Crippen LogP contribution in [-0.2, 0) is 20.9 Å². The number of aromatic nitrogens is 1. The van der Waals surface area contributed by atoms with E-state index >= 15 is 0 Å². The summed E-state index contributed by atoms with van der Waals surface area (Å²) in [6.07, 6.45) is -3.77. The monoisotopic (exact) mass is 438 g/mol. The molecule has 0 aliphatic carbocycles. The van der Waals surface area contributed by atoms with Crippen molar-refractivity contribution >= 4 is 33.3 Å². The minimum Gasteiger partial charge on any atom is -0.476 e. The molecule has 0 atom stereocenters. The van der Waals surface area contributed by atoms with Crippen molar-refractivity contribution < 1.29 is 36.2 Å². The fourth-order valence-electron chi connectivity index (χ4n) is 2.36. The molecule has 2 rings (SSSR count). The van der Waals surface area contributed by atoms with E-state index in [0.717, 1.165) is 31.5 Å². The number of aromatic carboxylic acids is 1. The van der Waals surface area contributed by atoms with Crippen molar-refractivity contribution in [2.45, 2.75) is 18.0 Å². The number of ether oxygens (including phenoxy) is 1. The van der Waals surface area contributed by atoms with E-state index in [9.17, 15) is 31.5 Å². The highest BCUT2D eigenvalue weighted by molar-refractivity contribution is 7.92. The van der Waals surface area contributed by atoms with Crippen molar-refractivity contribution in [2.75, 3.05) is 18.1 Å². The number of anilines is 1. The molecule has 12 heteroatoms. The molecule has 28 heavy (non-hydrogen) atoms. The number of carboxylic acids is 1. The molecule has 1 aromatic heterocycles. The van der Waals surface area contributed by atoms with Crippen LogP contribution in [0.15, 0.2) is 35.4 Å². The molecule has 0 bridgehead atoms. The summed E-state index contributed by atoms with van der Waals surface area (Å²) in [5, 5.41) is 9.21. The fraction of sp³-hybridized carbons (Fsp3) is 0.250. The molecule has 0 aliphatic heterocycles. The Hall–Kier alpha value is -2.37. The van der Waals surface area contributed by atoms with Crippen LogP contribution in [0.25, 0.3) is 0 Å². The van der Waals surface area contributed by atoms with Gasteiger partial charge >= 0.3 is 12.1 Å². The first-order valence-corrected chi connectivity index (χ1v) is 9.29. The van der Waals surface area contributed by atoms with Crippen molar-refractivity contribution in [3.05, 3.63) is 52.3 Å². The summed E-state index contributed by atoms with van der Waals surface area (Å²) in [5.41, 5.74) is -2.40. The molecule has 1 aromatic carbocycles. The van der Waals surface area contributed by atoms with E-state index in [-0.39, 0.29) is 10.6 Å². The van der Waals surface area contributed by atoms with Gasteiger partial charge in [0.2, 0.25) is 0 Å². The number of nitrogens with zero attached hydrogens (tertiary/aromatic N) is 2. The van der Waals surface area contributed by atoms with E-state index in [0.29, 0.717) is 10.4 Å². The second-order valence-electron chi connectivity index (χ2n) is 5.57. The average Bonchev–Trinajstić information content (AvgIpc) is 2.58. The number of carbonyl (C=O) groups is 1. The number of aryl methyl sites for hydroxylation is 1. The number of pyridine rings is 1. The zero-order chi connectivity index (χ0) is 21.3. The fourth-order valence-corrected chi connectivity index (χ4v) is 3.92.